The summed E-state index contributed by atoms with van der Waals surface area (Å²) in [7, 11) is 2.83. The maximum atomic E-state index is 12.8. The van der Waals surface area contributed by atoms with Gasteiger partial charge in [0, 0.05) is 91.2 Å². The quantitative estimate of drug-likeness (QED) is 0.0124. The smallest absolute Gasteiger partial charge is 0.506 e. The Morgan fingerprint density at radius 2 is 0.711 bits per heavy atom. The Morgan fingerprint density at radius 3 is 1.01 bits per heavy atom. The highest BCUT2D eigenvalue weighted by Gasteiger charge is 2.31. The van der Waals surface area contributed by atoms with Crippen molar-refractivity contribution in [1.29, 1.82) is 0 Å². The van der Waals surface area contributed by atoms with Gasteiger partial charge < -0.3 is 87.9 Å². The van der Waals surface area contributed by atoms with Crippen LogP contribution in [-0.4, -0.2) is 107 Å². The zero-order valence-corrected chi connectivity index (χ0v) is 69.9. The van der Waals surface area contributed by atoms with E-state index in [1.807, 2.05) is 125 Å². The summed E-state index contributed by atoms with van der Waals surface area (Å²) >= 11 is 8.36. The average Bonchev–Trinajstić information content (AvgIpc) is 1.67. The number of benzene rings is 7. The van der Waals surface area contributed by atoms with Crippen molar-refractivity contribution in [2.24, 2.45) is 0 Å². The van der Waals surface area contributed by atoms with Crippen LogP contribution >= 0.6 is 56.7 Å². The number of alkyl halides is 5. The number of hydrogen-bond donors (Lipinski definition) is 13. The molecule has 5 aromatic heterocycles. The van der Waals surface area contributed by atoms with Gasteiger partial charge >= 0.3 is 55.1 Å². The molecule has 0 fully saturated rings. The number of urea groups is 6. The van der Waals surface area contributed by atoms with Gasteiger partial charge in [-0.25, -0.2) is 38.0 Å². The Bertz CT molecular complexity index is 4890. The number of esters is 1. The van der Waals surface area contributed by atoms with Gasteiger partial charge in [0.05, 0.1) is 25.5 Å². The molecule has 0 radical (unpaired) electrons. The fourth-order valence-electron chi connectivity index (χ4n) is 9.94. The summed E-state index contributed by atoms with van der Waals surface area (Å²) in [4.78, 5) is 87.5. The summed E-state index contributed by atoms with van der Waals surface area (Å²) in [6.45, 7) is 4.20. The van der Waals surface area contributed by atoms with Gasteiger partial charge in [0.15, 0.2) is 0 Å². The lowest BCUT2D eigenvalue weighted by molar-refractivity contribution is -0.274. The summed E-state index contributed by atoms with van der Waals surface area (Å²) in [6, 6.07) is 61.0. The number of phenols is 1. The van der Waals surface area contributed by atoms with E-state index in [0.29, 0.717) is 49.8 Å². The minimum Gasteiger partial charge on any atom is -0.506 e. The number of carbonyl (C=O) groups is 7. The molecule has 12 rings (SSSR count). The van der Waals surface area contributed by atoms with Gasteiger partial charge in [0.1, 0.15) is 28.8 Å². The van der Waals surface area contributed by atoms with Gasteiger partial charge in [0.2, 0.25) is 0 Å². The number of phenolic OH excluding ortho intramolecular Hbond substituents is 1. The van der Waals surface area contributed by atoms with Crippen molar-refractivity contribution in [3.63, 3.8) is 0 Å². The van der Waals surface area contributed by atoms with E-state index in [0.717, 1.165) is 78.3 Å². The topological polar surface area (TPSA) is 321 Å². The van der Waals surface area contributed by atoms with Gasteiger partial charge in [-0.1, -0.05) is 67.1 Å². The van der Waals surface area contributed by atoms with Crippen molar-refractivity contribution in [3.8, 4) is 23.0 Å². The molecular formula is C86H90F6N12O12S5. The van der Waals surface area contributed by atoms with E-state index in [1.165, 1.54) is 117 Å². The monoisotopic (exact) mass is 1760 g/mol. The minimum atomic E-state index is -4.73. The number of anilines is 7. The van der Waals surface area contributed by atoms with Gasteiger partial charge in [-0.2, -0.15) is 8.78 Å². The third kappa shape index (κ3) is 39.8. The number of aryl methyl sites for hydroxylation is 2. The van der Waals surface area contributed by atoms with E-state index in [2.05, 4.69) is 103 Å². The summed E-state index contributed by atoms with van der Waals surface area (Å²) in [5.41, 5.74) is 6.38. The number of thiophene rings is 5. The third-order valence-electron chi connectivity index (χ3n) is 15.9. The second-order valence-corrected chi connectivity index (χ2v) is 30.1. The molecule has 0 saturated carbocycles. The van der Waals surface area contributed by atoms with Crippen LogP contribution in [0.25, 0.3) is 0 Å². The SMILES string of the molecule is CCc1ccc(NC(=O)NCCc2cccs2)cc1.COC(=O)c1ccc(NC(=O)Nc2ccc(F)cc2)c(O)c1.COc1ccc(NC(=O)NCCc2cccs2)cc1.Cc1ccc(NC(=O)NCCc2cccs2)cc1.O=C(NCCc1cccs1)Nc1ccc(OC(F)(F)F)cc1.O=C(NCCc1cccs1)Nc1ccc(OC(F)F)cc1. The maximum Gasteiger partial charge on any atom is 0.573 e. The Balaban J connectivity index is 0.000000200. The Kier molecular flexibility index (Phi) is 41.4. The van der Waals surface area contributed by atoms with Crippen molar-refractivity contribution in [3.05, 3.63) is 298 Å². The maximum absolute atomic E-state index is 12.8. The van der Waals surface area contributed by atoms with E-state index in [-0.39, 0.29) is 52.6 Å². The molecule has 121 heavy (non-hydrogen) atoms. The van der Waals surface area contributed by atoms with E-state index in [1.54, 1.807) is 88.1 Å². The number of aromatic hydroxyl groups is 1. The number of amides is 12. The van der Waals surface area contributed by atoms with Crippen molar-refractivity contribution >= 4 is 139 Å². The first kappa shape index (κ1) is 95.1. The van der Waals surface area contributed by atoms with E-state index >= 15 is 0 Å². The molecule has 0 atom stereocenters. The number of methoxy groups -OCH3 is 2. The van der Waals surface area contributed by atoms with Gasteiger partial charge in [-0.15, -0.1) is 69.9 Å². The second kappa shape index (κ2) is 52.7. The highest BCUT2D eigenvalue weighted by atomic mass is 32.1. The standard InChI is InChI=1S/C15H13FN2O4.C15H18N2OS.C14H13F3N2O2S.C14H14F2N2O2S.C14H16N2O2S.C14H16N2OS/c1-22-14(20)9-2-7-12(13(19)8-9)18-15(21)17-11-5-3-10(16)4-6-11;1-2-12-5-7-13(8-6-12)17-15(18)16-10-9-14-4-3-11-19-14;15-14(16,17)21-11-5-3-10(4-6-11)19-13(20)18-8-7-12-2-1-9-22-12;15-13(16)20-11-5-3-10(4-6-11)18-14(19)17-8-7-12-2-1-9-21-12;1-18-12-6-4-11(5-7-12)16-14(17)15-9-8-13-3-2-10-19-13;1-11-4-6-12(7-5-11)16-14(17)15-9-8-13-3-2-10-18-13/h2-8,19H,1H3,(H2,17,18,21);3-8,11H,2,9-10H2,1H3,(H2,16,17,18);1-6,9H,7-8H2,(H2,18,19,20);1-6,9,13H,7-8H2,(H2,17,18,19);2-7,10H,8-9H2,1H3,(H2,15,16,17);2-7,10H,8-9H2,1H3,(H2,15,16,17). The van der Waals surface area contributed by atoms with Gasteiger partial charge in [0.25, 0.3) is 0 Å². The molecule has 0 aliphatic rings. The molecule has 0 saturated heterocycles. The molecule has 0 aliphatic carbocycles. The Hall–Kier alpha value is -13.1. The molecule has 12 aromatic rings. The molecule has 13 N–H and O–H groups in total. The van der Waals surface area contributed by atoms with Crippen LogP contribution in [0, 0.1) is 12.7 Å². The largest absolute Gasteiger partial charge is 0.573 e. The molecule has 0 aliphatic heterocycles. The van der Waals surface area contributed by atoms with Crippen molar-refractivity contribution in [2.75, 3.05) is 84.2 Å². The average molecular weight is 1760 g/mol. The van der Waals surface area contributed by atoms with Crippen molar-refractivity contribution in [1.82, 2.24) is 26.6 Å². The summed E-state index contributed by atoms with van der Waals surface area (Å²) in [6.07, 6.45) is 0.379. The normalized spacial score (nSPS) is 10.3. The number of hydrogen-bond acceptors (Lipinski definition) is 17. The number of halogens is 6. The first-order chi connectivity index (χ1) is 58.3. The Labute approximate surface area is 715 Å². The van der Waals surface area contributed by atoms with Crippen LogP contribution in [0.2, 0.25) is 0 Å². The van der Waals surface area contributed by atoms with E-state index in [9.17, 15) is 65.0 Å². The van der Waals surface area contributed by atoms with Crippen LogP contribution in [0.1, 0.15) is 52.8 Å². The first-order valence-corrected chi connectivity index (χ1v) is 41.6. The molecule has 5 heterocycles. The number of ether oxygens (including phenoxy) is 4. The van der Waals surface area contributed by atoms with Crippen molar-refractivity contribution in [2.45, 2.75) is 65.3 Å². The fourth-order valence-corrected chi connectivity index (χ4v) is 13.5. The fraction of sp³-hybridized carbons (Fsp3) is 0.198. The van der Waals surface area contributed by atoms with E-state index in [4.69, 9.17) is 4.74 Å². The molecule has 24 nitrogen and oxygen atoms in total. The molecule has 7 aromatic carbocycles. The second-order valence-electron chi connectivity index (χ2n) is 25.0. The van der Waals surface area contributed by atoms with Crippen molar-refractivity contribution < 1.29 is 84.0 Å². The molecule has 0 unspecified atom stereocenters. The lowest BCUT2D eigenvalue weighted by Gasteiger charge is -2.10. The summed E-state index contributed by atoms with van der Waals surface area (Å²) in [5, 5.41) is 52.2. The lowest BCUT2D eigenvalue weighted by atomic mass is 10.1. The molecule has 35 heteroatoms. The highest BCUT2D eigenvalue weighted by Crippen LogP contribution is 2.27. The summed E-state index contributed by atoms with van der Waals surface area (Å²) < 4.78 is 90.3. The van der Waals surface area contributed by atoms with E-state index < -0.39 is 36.8 Å². The van der Waals surface area contributed by atoms with Crippen LogP contribution in [0.4, 0.5) is 94.9 Å². The number of nitrogens with one attached hydrogen (secondary N) is 12. The molecule has 638 valence electrons. The van der Waals surface area contributed by atoms with Crippen LogP contribution in [0.5, 0.6) is 23.0 Å². The molecular weight excluding hydrogens is 1670 g/mol. The summed E-state index contributed by atoms with van der Waals surface area (Å²) in [5.74, 6) is -0.815. The predicted octanol–water partition coefficient (Wildman–Crippen LogP) is 20.9. The van der Waals surface area contributed by atoms with Crippen LogP contribution in [0.15, 0.2) is 251 Å². The van der Waals surface area contributed by atoms with Gasteiger partial charge in [-0.05, 0) is 248 Å². The van der Waals surface area contributed by atoms with Crippen LogP contribution in [0.3, 0.4) is 0 Å². The first-order valence-electron chi connectivity index (χ1n) is 37.2. The molecule has 12 amide bonds. The van der Waals surface area contributed by atoms with Gasteiger partial charge in [-0.3, -0.25) is 0 Å². The lowest BCUT2D eigenvalue weighted by Crippen LogP contribution is -2.30. The highest BCUT2D eigenvalue weighted by molar-refractivity contribution is 7.11. The zero-order chi connectivity index (χ0) is 87.0. The number of rotatable bonds is 28. The zero-order valence-electron chi connectivity index (χ0n) is 65.9. The minimum absolute atomic E-state index is 0.0497. The number of carbonyl (C=O) groups excluding carboxylic acids is 7. The third-order valence-corrected chi connectivity index (χ3v) is 20.6. The predicted molar refractivity (Wildman–Crippen MR) is 470 cm³/mol. The molecule has 0 spiro atoms. The molecule has 0 bridgehead atoms. The van der Waals surface area contributed by atoms with Crippen LogP contribution < -0.4 is 78.0 Å². The Morgan fingerprint density at radius 1 is 0.397 bits per heavy atom. The van der Waals surface area contributed by atoms with Crippen LogP contribution in [-0.2, 0) is 43.3 Å².